The number of amidine groups is 2. The number of hydrogen-bond donors (Lipinski definition) is 2. The molecule has 0 aliphatic heterocycles. The van der Waals surface area contributed by atoms with Gasteiger partial charge in [0.05, 0.1) is 0 Å². The van der Waals surface area contributed by atoms with Crippen molar-refractivity contribution >= 4 is 46.3 Å². The first-order chi connectivity index (χ1) is 8.51. The van der Waals surface area contributed by atoms with E-state index in [1.165, 1.54) is 23.5 Å². The van der Waals surface area contributed by atoms with Crippen molar-refractivity contribution in [1.82, 2.24) is 0 Å². The van der Waals surface area contributed by atoms with Gasteiger partial charge in [0, 0.05) is 4.92 Å². The fraction of sp³-hybridized carbons (Fsp3) is 0.429. The maximum absolute atomic E-state index is 10.6. The van der Waals surface area contributed by atoms with Crippen molar-refractivity contribution in [1.29, 1.82) is 0 Å². The summed E-state index contributed by atoms with van der Waals surface area (Å²) in [5.74, 6) is 0. The van der Waals surface area contributed by atoms with Crippen LogP contribution in [0.25, 0.3) is 0 Å². The molecular weight excluding hydrogens is 278 g/mol. The Morgan fingerprint density at radius 2 is 1.56 bits per heavy atom. The molecule has 18 heavy (non-hydrogen) atoms. The average Bonchev–Trinajstić information content (AvgIpc) is 2.35. The highest BCUT2D eigenvalue weighted by Gasteiger charge is 2.13. The van der Waals surface area contributed by atoms with Crippen LogP contribution in [0.4, 0.5) is 0 Å². The Labute approximate surface area is 112 Å². The molecule has 0 atom stereocenters. The van der Waals surface area contributed by atoms with Gasteiger partial charge < -0.3 is 11.5 Å². The second kappa shape index (κ2) is 9.41. The van der Waals surface area contributed by atoms with Gasteiger partial charge in [-0.2, -0.15) is 10.2 Å². The highest BCUT2D eigenvalue weighted by Crippen LogP contribution is 1.93. The molecule has 0 radical (unpaired) electrons. The molecule has 0 spiro atoms. The molecule has 9 nitrogen and oxygen atoms in total. The lowest BCUT2D eigenvalue weighted by Gasteiger charge is -1.95. The summed E-state index contributed by atoms with van der Waals surface area (Å²) in [5.41, 5.74) is 10.7. The lowest BCUT2D eigenvalue weighted by Crippen LogP contribution is -2.22. The molecule has 0 aromatic carbocycles. The standard InChI is InChI=1S/C7H13N7O2S2/c1-17-6(8)12-10-3-5(14(15)16)4-11-13-7(9)18-2/h3-5H,1-2H3,(H2,8,12)(H2,9,13). The Morgan fingerprint density at radius 1 is 1.17 bits per heavy atom. The number of nitrogens with two attached hydrogens (primary N) is 2. The first-order valence-electron chi connectivity index (χ1n) is 4.46. The molecule has 0 amide bonds. The zero-order valence-corrected chi connectivity index (χ0v) is 11.4. The lowest BCUT2D eigenvalue weighted by atomic mass is 10.4. The van der Waals surface area contributed by atoms with E-state index in [9.17, 15) is 10.1 Å². The number of nitro groups is 1. The van der Waals surface area contributed by atoms with Gasteiger partial charge in [-0.1, -0.05) is 23.5 Å². The van der Waals surface area contributed by atoms with Gasteiger partial charge in [0.1, 0.15) is 12.4 Å². The first-order valence-corrected chi connectivity index (χ1v) is 6.91. The van der Waals surface area contributed by atoms with Crippen LogP contribution in [0.5, 0.6) is 0 Å². The van der Waals surface area contributed by atoms with Gasteiger partial charge in [-0.25, -0.2) is 0 Å². The molecule has 0 aliphatic carbocycles. The monoisotopic (exact) mass is 291 g/mol. The Balaban J connectivity index is 4.65. The summed E-state index contributed by atoms with van der Waals surface area (Å²) in [6.07, 6.45) is 5.41. The molecule has 0 aromatic rings. The Bertz CT molecular complexity index is 363. The summed E-state index contributed by atoms with van der Waals surface area (Å²) >= 11 is 2.36. The fourth-order valence-corrected chi connectivity index (χ4v) is 0.804. The molecule has 0 saturated heterocycles. The van der Waals surface area contributed by atoms with Crippen LogP contribution in [-0.4, -0.2) is 46.2 Å². The molecule has 0 aliphatic rings. The van der Waals surface area contributed by atoms with Crippen LogP contribution in [0.3, 0.4) is 0 Å². The third-order valence-corrected chi connectivity index (χ3v) is 2.41. The SMILES string of the molecule is CSC(N)=NN=CC(C=NN=C(N)SC)[N+](=O)[O-]. The summed E-state index contributed by atoms with van der Waals surface area (Å²) in [4.78, 5) is 10.0. The molecule has 0 rings (SSSR count). The van der Waals surface area contributed by atoms with E-state index in [0.717, 1.165) is 12.4 Å². The van der Waals surface area contributed by atoms with Gasteiger partial charge in [-0.15, -0.1) is 10.2 Å². The van der Waals surface area contributed by atoms with Crippen molar-refractivity contribution in [2.24, 2.45) is 31.9 Å². The molecule has 0 fully saturated rings. The van der Waals surface area contributed by atoms with Crippen LogP contribution in [-0.2, 0) is 0 Å². The zero-order chi connectivity index (χ0) is 14.0. The number of thioether (sulfide) groups is 2. The molecule has 4 N–H and O–H groups in total. The molecular formula is C7H13N7O2S2. The van der Waals surface area contributed by atoms with Gasteiger partial charge in [-0.05, 0) is 12.5 Å². The highest BCUT2D eigenvalue weighted by atomic mass is 32.2. The topological polar surface area (TPSA) is 145 Å². The summed E-state index contributed by atoms with van der Waals surface area (Å²) in [6, 6.07) is -1.23. The van der Waals surface area contributed by atoms with Crippen molar-refractivity contribution in [2.45, 2.75) is 6.04 Å². The minimum absolute atomic E-state index is 0.204. The molecule has 0 bridgehead atoms. The maximum atomic E-state index is 10.6. The minimum Gasteiger partial charge on any atom is -0.377 e. The van der Waals surface area contributed by atoms with Crippen molar-refractivity contribution in [3.63, 3.8) is 0 Å². The van der Waals surface area contributed by atoms with E-state index in [4.69, 9.17) is 11.5 Å². The van der Waals surface area contributed by atoms with E-state index in [0.29, 0.717) is 0 Å². The molecule has 0 aromatic heterocycles. The number of hydrogen-bond acceptors (Lipinski definition) is 8. The van der Waals surface area contributed by atoms with Crippen LogP contribution < -0.4 is 11.5 Å². The second-order valence-corrected chi connectivity index (χ2v) is 4.24. The van der Waals surface area contributed by atoms with E-state index in [1.54, 1.807) is 12.5 Å². The molecule has 0 heterocycles. The molecule has 0 saturated carbocycles. The number of nitrogens with zero attached hydrogens (tertiary/aromatic N) is 5. The van der Waals surface area contributed by atoms with E-state index < -0.39 is 11.0 Å². The maximum Gasteiger partial charge on any atom is 0.286 e. The average molecular weight is 291 g/mol. The van der Waals surface area contributed by atoms with Crippen molar-refractivity contribution in [3.8, 4) is 0 Å². The normalized spacial score (nSPS) is 15.4. The fourth-order valence-electron chi connectivity index (χ4n) is 0.546. The predicted octanol–water partition coefficient (Wildman–Crippen LogP) is -0.0413. The zero-order valence-electron chi connectivity index (χ0n) is 9.76. The van der Waals surface area contributed by atoms with Crippen LogP contribution >= 0.6 is 23.5 Å². The molecule has 100 valence electrons. The quantitative estimate of drug-likeness (QED) is 0.314. The van der Waals surface area contributed by atoms with Gasteiger partial charge in [0.25, 0.3) is 6.04 Å². The van der Waals surface area contributed by atoms with Crippen LogP contribution in [0.15, 0.2) is 20.4 Å². The largest absolute Gasteiger partial charge is 0.377 e. The summed E-state index contributed by atoms with van der Waals surface area (Å²) < 4.78 is 0. The smallest absolute Gasteiger partial charge is 0.286 e. The van der Waals surface area contributed by atoms with Crippen LogP contribution in [0.2, 0.25) is 0 Å². The third-order valence-electron chi connectivity index (χ3n) is 1.41. The van der Waals surface area contributed by atoms with E-state index >= 15 is 0 Å². The van der Waals surface area contributed by atoms with E-state index in [-0.39, 0.29) is 10.3 Å². The Kier molecular flexibility index (Phi) is 8.57. The van der Waals surface area contributed by atoms with Gasteiger partial charge in [-0.3, -0.25) is 10.1 Å². The summed E-state index contributed by atoms with van der Waals surface area (Å²) in [7, 11) is 0. The number of rotatable bonds is 5. The van der Waals surface area contributed by atoms with Crippen molar-refractivity contribution in [2.75, 3.05) is 12.5 Å². The summed E-state index contributed by atoms with van der Waals surface area (Å²) in [6.45, 7) is 0. The Hall–Kier alpha value is -1.62. The van der Waals surface area contributed by atoms with E-state index in [2.05, 4.69) is 20.4 Å². The molecule has 0 unspecified atom stereocenters. The molecule has 11 heteroatoms. The van der Waals surface area contributed by atoms with E-state index in [1.807, 2.05) is 0 Å². The lowest BCUT2D eigenvalue weighted by molar-refractivity contribution is -0.482. The minimum atomic E-state index is -1.23. The first kappa shape index (κ1) is 16.4. The van der Waals surface area contributed by atoms with Gasteiger partial charge >= 0.3 is 0 Å². The highest BCUT2D eigenvalue weighted by molar-refractivity contribution is 8.13. The third kappa shape index (κ3) is 7.62. The van der Waals surface area contributed by atoms with Crippen LogP contribution in [0.1, 0.15) is 0 Å². The predicted molar refractivity (Wildman–Crippen MR) is 78.0 cm³/mol. The Morgan fingerprint density at radius 3 is 1.83 bits per heavy atom. The van der Waals surface area contributed by atoms with Gasteiger partial charge in [0.15, 0.2) is 10.3 Å². The summed E-state index contributed by atoms with van der Waals surface area (Å²) in [5, 5.41) is 25.1. The van der Waals surface area contributed by atoms with Gasteiger partial charge in [0.2, 0.25) is 0 Å². The van der Waals surface area contributed by atoms with Crippen molar-refractivity contribution < 1.29 is 4.92 Å². The second-order valence-electron chi connectivity index (χ2n) is 2.59. The van der Waals surface area contributed by atoms with Crippen molar-refractivity contribution in [3.05, 3.63) is 10.1 Å². The van der Waals surface area contributed by atoms with Crippen LogP contribution in [0, 0.1) is 10.1 Å².